The minimum absolute atomic E-state index is 0.0197. The van der Waals surface area contributed by atoms with Crippen LogP contribution in [0.15, 0.2) is 91.0 Å². The summed E-state index contributed by atoms with van der Waals surface area (Å²) in [7, 11) is 0. The van der Waals surface area contributed by atoms with Crippen molar-refractivity contribution >= 4 is 28.3 Å². The molecule has 2 amide bonds. The van der Waals surface area contributed by atoms with Crippen molar-refractivity contribution in [2.24, 2.45) is 11.8 Å². The van der Waals surface area contributed by atoms with Gasteiger partial charge in [0.05, 0.1) is 11.8 Å². The molecule has 0 aromatic heterocycles. The lowest BCUT2D eigenvalue weighted by molar-refractivity contribution is -0.139. The average Bonchev–Trinajstić information content (AvgIpc) is 3.14. The molecule has 4 aliphatic rings. The van der Waals surface area contributed by atoms with Crippen molar-refractivity contribution in [1.82, 2.24) is 4.90 Å². The van der Waals surface area contributed by atoms with Crippen molar-refractivity contribution in [3.05, 3.63) is 113 Å². The Kier molecular flexibility index (Phi) is 4.19. The van der Waals surface area contributed by atoms with E-state index in [-0.39, 0.29) is 35.5 Å². The maximum absolute atomic E-state index is 13.7. The molecule has 1 N–H and O–H groups in total. The summed E-state index contributed by atoms with van der Waals surface area (Å²) in [5.41, 5.74) is 5.87. The number of benzene rings is 4. The third-order valence-electron chi connectivity index (χ3n) is 7.98. The van der Waals surface area contributed by atoms with Gasteiger partial charge in [-0.25, -0.2) is 0 Å². The Labute approximate surface area is 198 Å². The van der Waals surface area contributed by atoms with Gasteiger partial charge in [0.15, 0.2) is 0 Å². The molecule has 1 saturated heterocycles. The molecular weight excluding hydrogens is 420 g/mol. The molecule has 0 radical (unpaired) electrons. The smallest absolute Gasteiger partial charge is 0.234 e. The number of hydrogen-bond acceptors (Lipinski definition) is 3. The summed E-state index contributed by atoms with van der Waals surface area (Å²) >= 11 is 0. The first-order valence-corrected chi connectivity index (χ1v) is 12.0. The second-order valence-corrected chi connectivity index (χ2v) is 9.55. The molecule has 0 unspecified atom stereocenters. The van der Waals surface area contributed by atoms with Gasteiger partial charge in [0, 0.05) is 36.0 Å². The molecule has 166 valence electrons. The van der Waals surface area contributed by atoms with Gasteiger partial charge in [-0.3, -0.25) is 14.5 Å². The normalized spacial score (nSPS) is 24.2. The predicted molar refractivity (Wildman–Crippen MR) is 133 cm³/mol. The van der Waals surface area contributed by atoms with Gasteiger partial charge in [-0.1, -0.05) is 84.9 Å². The van der Waals surface area contributed by atoms with Crippen molar-refractivity contribution < 1.29 is 9.59 Å². The minimum atomic E-state index is -0.306. The first-order chi connectivity index (χ1) is 16.7. The van der Waals surface area contributed by atoms with E-state index in [0.29, 0.717) is 13.1 Å². The number of anilines is 1. The van der Waals surface area contributed by atoms with Crippen molar-refractivity contribution in [2.75, 3.05) is 18.4 Å². The lowest BCUT2D eigenvalue weighted by atomic mass is 9.55. The predicted octanol–water partition coefficient (Wildman–Crippen LogP) is 5.14. The molecule has 34 heavy (non-hydrogen) atoms. The number of nitrogens with zero attached hydrogens (tertiary/aromatic N) is 1. The first kappa shape index (κ1) is 19.5. The van der Waals surface area contributed by atoms with E-state index in [1.807, 2.05) is 48.5 Å². The van der Waals surface area contributed by atoms with Crippen molar-refractivity contribution in [3.63, 3.8) is 0 Å². The molecule has 1 aliphatic heterocycles. The third-order valence-corrected chi connectivity index (χ3v) is 7.98. The molecule has 2 bridgehead atoms. The molecule has 1 fully saturated rings. The zero-order valence-corrected chi connectivity index (χ0v) is 18.6. The first-order valence-electron chi connectivity index (χ1n) is 12.0. The second-order valence-electron chi connectivity index (χ2n) is 9.55. The van der Waals surface area contributed by atoms with Gasteiger partial charge >= 0.3 is 0 Å². The Hall–Kier alpha value is -3.92. The maximum Gasteiger partial charge on any atom is 0.234 e. The summed E-state index contributed by atoms with van der Waals surface area (Å²) in [6, 6.07) is 31.1. The van der Waals surface area contributed by atoms with Crippen LogP contribution >= 0.6 is 0 Å². The van der Waals surface area contributed by atoms with Crippen LogP contribution in [0.2, 0.25) is 0 Å². The van der Waals surface area contributed by atoms with Crippen LogP contribution in [-0.4, -0.2) is 29.8 Å². The van der Waals surface area contributed by atoms with Crippen molar-refractivity contribution in [3.8, 4) is 0 Å². The Bertz CT molecular complexity index is 1350. The number of rotatable bonds is 4. The van der Waals surface area contributed by atoms with E-state index in [4.69, 9.17) is 0 Å². The Morgan fingerprint density at radius 2 is 1.12 bits per heavy atom. The SMILES string of the molecule is O=C1[C@@H]2C3c4ccccc4C(c4ccccc43)[C@H]2C(=O)N1CCNc1cccc2ccccc12. The summed E-state index contributed by atoms with van der Waals surface area (Å²) in [4.78, 5) is 28.9. The zero-order valence-electron chi connectivity index (χ0n) is 18.6. The number of hydrogen-bond donors (Lipinski definition) is 1. The highest BCUT2D eigenvalue weighted by Gasteiger charge is 2.61. The second kappa shape index (κ2) is 7.29. The molecule has 8 rings (SSSR count). The van der Waals surface area contributed by atoms with Crippen LogP contribution in [-0.2, 0) is 9.59 Å². The molecule has 4 aromatic rings. The van der Waals surface area contributed by atoms with Gasteiger partial charge in [-0.2, -0.15) is 0 Å². The summed E-state index contributed by atoms with van der Waals surface area (Å²) < 4.78 is 0. The van der Waals surface area contributed by atoms with Gasteiger partial charge < -0.3 is 5.32 Å². The molecule has 0 saturated carbocycles. The molecule has 1 heterocycles. The van der Waals surface area contributed by atoms with Crippen LogP contribution in [0.25, 0.3) is 10.8 Å². The van der Waals surface area contributed by atoms with E-state index in [9.17, 15) is 9.59 Å². The summed E-state index contributed by atoms with van der Waals surface area (Å²) in [5.74, 6) is -0.744. The fraction of sp³-hybridized carbons (Fsp3) is 0.200. The molecule has 4 heteroatoms. The molecule has 0 spiro atoms. The molecule has 3 aliphatic carbocycles. The molecular formula is C30H24N2O2. The number of imide groups is 1. The maximum atomic E-state index is 13.7. The van der Waals surface area contributed by atoms with Gasteiger partial charge in [-0.15, -0.1) is 0 Å². The number of carbonyl (C=O) groups excluding carboxylic acids is 2. The number of carbonyl (C=O) groups is 2. The van der Waals surface area contributed by atoms with E-state index in [1.54, 1.807) is 0 Å². The summed E-state index contributed by atoms with van der Waals surface area (Å²) in [6.45, 7) is 0.903. The largest absolute Gasteiger partial charge is 0.383 e. The number of fused-ring (bicyclic) bond motifs is 1. The van der Waals surface area contributed by atoms with Gasteiger partial charge in [0.25, 0.3) is 0 Å². The minimum Gasteiger partial charge on any atom is -0.383 e. The highest BCUT2D eigenvalue weighted by atomic mass is 16.2. The lowest BCUT2D eigenvalue weighted by Gasteiger charge is -2.45. The lowest BCUT2D eigenvalue weighted by Crippen LogP contribution is -2.41. The monoisotopic (exact) mass is 444 g/mol. The summed E-state index contributed by atoms with van der Waals surface area (Å²) in [5, 5.41) is 5.77. The molecule has 2 atom stereocenters. The van der Waals surface area contributed by atoms with Crippen LogP contribution in [0, 0.1) is 11.8 Å². The molecule has 4 aromatic carbocycles. The van der Waals surface area contributed by atoms with E-state index in [1.165, 1.54) is 32.5 Å². The van der Waals surface area contributed by atoms with E-state index < -0.39 is 0 Å². The topological polar surface area (TPSA) is 49.4 Å². The van der Waals surface area contributed by atoms with Gasteiger partial charge in [-0.05, 0) is 33.7 Å². The fourth-order valence-electron chi connectivity index (χ4n) is 6.64. The Morgan fingerprint density at radius 3 is 1.71 bits per heavy atom. The van der Waals surface area contributed by atoms with E-state index in [2.05, 4.69) is 47.8 Å². The van der Waals surface area contributed by atoms with Crippen LogP contribution in [0.3, 0.4) is 0 Å². The highest BCUT2D eigenvalue weighted by Crippen LogP contribution is 2.60. The van der Waals surface area contributed by atoms with Crippen molar-refractivity contribution in [1.29, 1.82) is 0 Å². The van der Waals surface area contributed by atoms with Crippen molar-refractivity contribution in [2.45, 2.75) is 11.8 Å². The van der Waals surface area contributed by atoms with E-state index in [0.717, 1.165) is 11.1 Å². The van der Waals surface area contributed by atoms with E-state index >= 15 is 0 Å². The van der Waals surface area contributed by atoms with Crippen LogP contribution < -0.4 is 5.32 Å². The fourth-order valence-corrected chi connectivity index (χ4v) is 6.64. The average molecular weight is 445 g/mol. The van der Waals surface area contributed by atoms with Gasteiger partial charge in [0.2, 0.25) is 11.8 Å². The quantitative estimate of drug-likeness (QED) is 0.443. The van der Waals surface area contributed by atoms with Gasteiger partial charge in [0.1, 0.15) is 0 Å². The van der Waals surface area contributed by atoms with Crippen LogP contribution in [0.1, 0.15) is 34.1 Å². The summed E-state index contributed by atoms with van der Waals surface area (Å²) in [6.07, 6.45) is 0. The number of nitrogens with one attached hydrogen (secondary N) is 1. The molecule has 4 nitrogen and oxygen atoms in total. The third kappa shape index (κ3) is 2.59. The van der Waals surface area contributed by atoms with Crippen LogP contribution in [0.4, 0.5) is 5.69 Å². The number of amides is 2. The van der Waals surface area contributed by atoms with Crippen LogP contribution in [0.5, 0.6) is 0 Å². The number of likely N-dealkylation sites (tertiary alicyclic amines) is 1. The highest BCUT2D eigenvalue weighted by molar-refractivity contribution is 6.07. The Balaban J connectivity index is 1.20. The zero-order chi connectivity index (χ0) is 22.8. The standard InChI is InChI=1S/C30H24N2O2/c33-29-27-25-20-11-3-4-12-21(20)26(23-14-6-5-13-22(23)25)28(27)30(34)32(29)17-16-31-24-15-7-9-18-8-1-2-10-19(18)24/h1-15,25-28,31H,16-17H2/t25?,26?,27-,28-/m1/s1. The Morgan fingerprint density at radius 1 is 0.618 bits per heavy atom.